The van der Waals surface area contributed by atoms with E-state index in [1.807, 2.05) is 41.1 Å². The van der Waals surface area contributed by atoms with Crippen molar-refractivity contribution >= 4 is 17.5 Å². The van der Waals surface area contributed by atoms with Gasteiger partial charge in [-0.25, -0.2) is 9.97 Å². The fourth-order valence-electron chi connectivity index (χ4n) is 2.03. The first-order valence-electron chi connectivity index (χ1n) is 7.27. The maximum absolute atomic E-state index is 4.43. The lowest BCUT2D eigenvalue weighted by atomic mass is 10.3. The zero-order valence-corrected chi connectivity index (χ0v) is 12.4. The van der Waals surface area contributed by atoms with E-state index in [0.717, 1.165) is 30.2 Å². The van der Waals surface area contributed by atoms with Crippen molar-refractivity contribution in [2.75, 3.05) is 17.2 Å². The molecule has 6 heteroatoms. The molecule has 0 atom stereocenters. The van der Waals surface area contributed by atoms with E-state index in [0.29, 0.717) is 5.95 Å². The molecule has 0 radical (unpaired) electrons. The number of nitrogens with one attached hydrogen (secondary N) is 2. The topological polar surface area (TPSA) is 67.7 Å². The molecule has 2 N–H and O–H groups in total. The molecule has 3 rings (SSSR count). The second-order valence-corrected chi connectivity index (χ2v) is 4.83. The van der Waals surface area contributed by atoms with Gasteiger partial charge >= 0.3 is 0 Å². The third kappa shape index (κ3) is 3.41. The Kier molecular flexibility index (Phi) is 4.29. The zero-order valence-electron chi connectivity index (χ0n) is 12.4. The van der Waals surface area contributed by atoms with Gasteiger partial charge in [0.2, 0.25) is 5.95 Å². The van der Waals surface area contributed by atoms with Crippen molar-refractivity contribution in [3.63, 3.8) is 0 Å². The summed E-state index contributed by atoms with van der Waals surface area (Å²) in [6, 6.07) is 9.88. The molecule has 0 saturated heterocycles. The summed E-state index contributed by atoms with van der Waals surface area (Å²) in [5, 5.41) is 6.45. The summed E-state index contributed by atoms with van der Waals surface area (Å²) in [5.74, 6) is 1.41. The number of imidazole rings is 1. The Labute approximate surface area is 129 Å². The van der Waals surface area contributed by atoms with Gasteiger partial charge in [0.05, 0.1) is 6.33 Å². The molecule has 0 amide bonds. The maximum atomic E-state index is 4.43. The summed E-state index contributed by atoms with van der Waals surface area (Å²) < 4.78 is 1.95. The summed E-state index contributed by atoms with van der Waals surface area (Å²) in [5.41, 5.74) is 2.00. The molecule has 0 spiro atoms. The average Bonchev–Trinajstić information content (AvgIpc) is 3.08. The van der Waals surface area contributed by atoms with Gasteiger partial charge in [-0.1, -0.05) is 6.92 Å². The minimum atomic E-state index is 0.580. The molecule has 0 bridgehead atoms. The molecule has 0 aliphatic rings. The molecule has 112 valence electrons. The van der Waals surface area contributed by atoms with Crippen LogP contribution in [-0.2, 0) is 0 Å². The summed E-state index contributed by atoms with van der Waals surface area (Å²) in [4.78, 5) is 12.7. The molecule has 0 saturated carbocycles. The van der Waals surface area contributed by atoms with Crippen LogP contribution in [0.1, 0.15) is 13.3 Å². The molecule has 0 unspecified atom stereocenters. The second kappa shape index (κ2) is 6.71. The first-order chi connectivity index (χ1) is 10.8. The third-order valence-corrected chi connectivity index (χ3v) is 3.14. The molecule has 6 nitrogen and oxygen atoms in total. The van der Waals surface area contributed by atoms with E-state index in [4.69, 9.17) is 0 Å². The van der Waals surface area contributed by atoms with Gasteiger partial charge in [-0.2, -0.15) is 4.98 Å². The lowest BCUT2D eigenvalue weighted by Gasteiger charge is -2.08. The van der Waals surface area contributed by atoms with Crippen LogP contribution in [0.4, 0.5) is 17.5 Å². The fourth-order valence-corrected chi connectivity index (χ4v) is 2.03. The van der Waals surface area contributed by atoms with Crippen LogP contribution in [0.15, 0.2) is 55.2 Å². The smallest absolute Gasteiger partial charge is 0.229 e. The predicted octanol–water partition coefficient (Wildman–Crippen LogP) is 3.23. The van der Waals surface area contributed by atoms with Crippen molar-refractivity contribution < 1.29 is 0 Å². The lowest BCUT2D eigenvalue weighted by Crippen LogP contribution is -2.04. The normalized spacial score (nSPS) is 10.4. The van der Waals surface area contributed by atoms with Crippen LogP contribution in [0.5, 0.6) is 0 Å². The van der Waals surface area contributed by atoms with E-state index in [2.05, 4.69) is 32.5 Å². The average molecular weight is 294 g/mol. The van der Waals surface area contributed by atoms with Crippen molar-refractivity contribution in [3.05, 3.63) is 55.2 Å². The molecule has 0 aliphatic carbocycles. The molecular formula is C16H18N6. The van der Waals surface area contributed by atoms with Crippen molar-refractivity contribution in [1.82, 2.24) is 19.5 Å². The third-order valence-electron chi connectivity index (χ3n) is 3.14. The largest absolute Gasteiger partial charge is 0.370 e. The first kappa shape index (κ1) is 14.1. The van der Waals surface area contributed by atoms with Gasteiger partial charge in [0.1, 0.15) is 5.82 Å². The van der Waals surface area contributed by atoms with Crippen LogP contribution in [0, 0.1) is 0 Å². The van der Waals surface area contributed by atoms with Crippen molar-refractivity contribution in [2.45, 2.75) is 13.3 Å². The van der Waals surface area contributed by atoms with Gasteiger partial charge in [0, 0.05) is 36.5 Å². The monoisotopic (exact) mass is 294 g/mol. The maximum Gasteiger partial charge on any atom is 0.229 e. The van der Waals surface area contributed by atoms with Crippen molar-refractivity contribution in [3.8, 4) is 5.69 Å². The number of hydrogen-bond acceptors (Lipinski definition) is 5. The molecule has 0 fully saturated rings. The van der Waals surface area contributed by atoms with Gasteiger partial charge in [0.25, 0.3) is 0 Å². The Morgan fingerprint density at radius 3 is 2.68 bits per heavy atom. The molecule has 2 heterocycles. The number of nitrogens with zero attached hydrogens (tertiary/aromatic N) is 4. The highest BCUT2D eigenvalue weighted by Crippen LogP contribution is 2.17. The van der Waals surface area contributed by atoms with Gasteiger partial charge in [0.15, 0.2) is 0 Å². The molecule has 3 aromatic rings. The Hall–Kier alpha value is -2.89. The predicted molar refractivity (Wildman–Crippen MR) is 87.7 cm³/mol. The number of aromatic nitrogens is 4. The lowest BCUT2D eigenvalue weighted by molar-refractivity contribution is 0.966. The van der Waals surface area contributed by atoms with Crippen molar-refractivity contribution in [1.29, 1.82) is 0 Å². The molecular weight excluding hydrogens is 276 g/mol. The Morgan fingerprint density at radius 1 is 1.09 bits per heavy atom. The minimum absolute atomic E-state index is 0.580. The summed E-state index contributed by atoms with van der Waals surface area (Å²) in [6.45, 7) is 3.02. The van der Waals surface area contributed by atoms with Crippen LogP contribution >= 0.6 is 0 Å². The van der Waals surface area contributed by atoms with Gasteiger partial charge < -0.3 is 15.2 Å². The standard InChI is InChI=1S/C16H18N6/c1-2-8-18-15-7-9-19-16(21-15)20-13-3-5-14(6-4-13)22-11-10-17-12-22/h3-7,9-12H,2,8H2,1H3,(H2,18,19,20,21). The van der Waals surface area contributed by atoms with E-state index >= 15 is 0 Å². The van der Waals surface area contributed by atoms with E-state index < -0.39 is 0 Å². The SMILES string of the molecule is CCCNc1ccnc(Nc2ccc(-n3ccnc3)cc2)n1. The number of benzene rings is 1. The van der Waals surface area contributed by atoms with Crippen LogP contribution in [0.2, 0.25) is 0 Å². The Morgan fingerprint density at radius 2 is 1.95 bits per heavy atom. The Balaban J connectivity index is 1.70. The summed E-state index contributed by atoms with van der Waals surface area (Å²) in [7, 11) is 0. The highest BCUT2D eigenvalue weighted by atomic mass is 15.1. The van der Waals surface area contributed by atoms with Crippen LogP contribution < -0.4 is 10.6 Å². The number of hydrogen-bond donors (Lipinski definition) is 2. The van der Waals surface area contributed by atoms with E-state index in [1.54, 1.807) is 18.7 Å². The molecule has 2 aromatic heterocycles. The highest BCUT2D eigenvalue weighted by Gasteiger charge is 2.01. The zero-order chi connectivity index (χ0) is 15.2. The summed E-state index contributed by atoms with van der Waals surface area (Å²) >= 11 is 0. The second-order valence-electron chi connectivity index (χ2n) is 4.83. The van der Waals surface area contributed by atoms with Crippen molar-refractivity contribution in [2.24, 2.45) is 0 Å². The molecule has 22 heavy (non-hydrogen) atoms. The van der Waals surface area contributed by atoms with Crippen LogP contribution in [0.25, 0.3) is 5.69 Å². The highest BCUT2D eigenvalue weighted by molar-refractivity contribution is 5.56. The van der Waals surface area contributed by atoms with Crippen LogP contribution in [0.3, 0.4) is 0 Å². The van der Waals surface area contributed by atoms with Crippen LogP contribution in [-0.4, -0.2) is 26.1 Å². The van der Waals surface area contributed by atoms with E-state index in [-0.39, 0.29) is 0 Å². The minimum Gasteiger partial charge on any atom is -0.370 e. The first-order valence-corrected chi connectivity index (χ1v) is 7.27. The summed E-state index contributed by atoms with van der Waals surface area (Å²) in [6.07, 6.45) is 8.24. The quantitative estimate of drug-likeness (QED) is 0.730. The Bertz CT molecular complexity index is 706. The van der Waals surface area contributed by atoms with Gasteiger partial charge in [-0.3, -0.25) is 0 Å². The number of rotatable bonds is 6. The van der Waals surface area contributed by atoms with Gasteiger partial charge in [-0.05, 0) is 36.8 Å². The molecule has 1 aromatic carbocycles. The number of anilines is 3. The molecule has 0 aliphatic heterocycles. The van der Waals surface area contributed by atoms with E-state index in [9.17, 15) is 0 Å². The fraction of sp³-hybridized carbons (Fsp3) is 0.188. The van der Waals surface area contributed by atoms with E-state index in [1.165, 1.54) is 0 Å². The van der Waals surface area contributed by atoms with Gasteiger partial charge in [-0.15, -0.1) is 0 Å².